The fourth-order valence-corrected chi connectivity index (χ4v) is 1.95. The third-order valence-corrected chi connectivity index (χ3v) is 3.27. The minimum absolute atomic E-state index is 0.0410. The van der Waals surface area contributed by atoms with E-state index in [1.165, 1.54) is 0 Å². The third kappa shape index (κ3) is 5.02. The van der Waals surface area contributed by atoms with E-state index in [0.717, 1.165) is 26.3 Å². The average Bonchev–Trinajstić information content (AvgIpc) is 2.39. The van der Waals surface area contributed by atoms with E-state index in [9.17, 15) is 4.79 Å². The fraction of sp³-hybridized carbons (Fsp3) is 0.643. The van der Waals surface area contributed by atoms with Gasteiger partial charge in [-0.05, 0) is 20.8 Å². The Morgan fingerprint density at radius 3 is 2.56 bits per heavy atom. The van der Waals surface area contributed by atoms with Crippen LogP contribution in [-0.4, -0.2) is 49.2 Å². The highest BCUT2D eigenvalue weighted by Gasteiger charge is 2.22. The van der Waals surface area contributed by atoms with Crippen LogP contribution in [0.1, 0.15) is 20.8 Å². The van der Waals surface area contributed by atoms with Gasteiger partial charge in [0.1, 0.15) is 0 Å². The van der Waals surface area contributed by atoms with Crippen molar-refractivity contribution < 1.29 is 9.53 Å². The Hall–Kier alpha value is -1.13. The predicted octanol–water partition coefficient (Wildman–Crippen LogP) is 1.34. The zero-order chi connectivity index (χ0) is 13.4. The summed E-state index contributed by atoms with van der Waals surface area (Å²) in [6, 6.07) is 0.457. The van der Waals surface area contributed by atoms with Crippen LogP contribution in [0.2, 0.25) is 0 Å². The predicted molar refractivity (Wildman–Crippen MR) is 73.4 cm³/mol. The lowest BCUT2D eigenvalue weighted by atomic mass is 10.1. The van der Waals surface area contributed by atoms with Gasteiger partial charge in [0.05, 0.1) is 13.2 Å². The maximum Gasteiger partial charge on any atom is 0.244 e. The van der Waals surface area contributed by atoms with Gasteiger partial charge >= 0.3 is 0 Å². The van der Waals surface area contributed by atoms with E-state index in [-0.39, 0.29) is 11.9 Å². The molecular weight excluding hydrogens is 228 g/mol. The van der Waals surface area contributed by atoms with E-state index >= 15 is 0 Å². The molecule has 102 valence electrons. The standard InChI is InChI=1S/C14H24N2O2/c1-4-5-6-7-14(17)15-12(2)13(3)16-8-10-18-11-9-16/h4-7,12-13H,8-11H2,1-3H3,(H,15,17)/b5-4+,7-6+. The molecule has 0 aromatic heterocycles. The highest BCUT2D eigenvalue weighted by atomic mass is 16.5. The molecule has 0 spiro atoms. The van der Waals surface area contributed by atoms with E-state index in [4.69, 9.17) is 4.74 Å². The number of hydrogen-bond donors (Lipinski definition) is 1. The van der Waals surface area contributed by atoms with Gasteiger partial charge < -0.3 is 10.1 Å². The van der Waals surface area contributed by atoms with Crippen molar-refractivity contribution in [2.45, 2.75) is 32.9 Å². The number of carbonyl (C=O) groups excluding carboxylic acids is 1. The summed E-state index contributed by atoms with van der Waals surface area (Å²) >= 11 is 0. The zero-order valence-electron chi connectivity index (χ0n) is 11.6. The Morgan fingerprint density at radius 1 is 1.28 bits per heavy atom. The van der Waals surface area contributed by atoms with Gasteiger partial charge in [-0.25, -0.2) is 0 Å². The van der Waals surface area contributed by atoms with Crippen LogP contribution >= 0.6 is 0 Å². The number of ether oxygens (including phenoxy) is 1. The Balaban J connectivity index is 2.38. The normalized spacial score (nSPS) is 21.3. The molecule has 1 N–H and O–H groups in total. The van der Waals surface area contributed by atoms with Gasteiger partial charge in [-0.2, -0.15) is 0 Å². The van der Waals surface area contributed by atoms with Crippen molar-refractivity contribution in [2.75, 3.05) is 26.3 Å². The fourth-order valence-electron chi connectivity index (χ4n) is 1.95. The van der Waals surface area contributed by atoms with E-state index in [0.29, 0.717) is 6.04 Å². The minimum Gasteiger partial charge on any atom is -0.379 e. The summed E-state index contributed by atoms with van der Waals surface area (Å²) in [4.78, 5) is 14.0. The van der Waals surface area contributed by atoms with Crippen LogP contribution in [0.25, 0.3) is 0 Å². The minimum atomic E-state index is -0.0410. The molecule has 0 aromatic carbocycles. The molecule has 1 fully saturated rings. The number of hydrogen-bond acceptors (Lipinski definition) is 3. The quantitative estimate of drug-likeness (QED) is 0.593. The molecule has 0 aromatic rings. The topological polar surface area (TPSA) is 41.6 Å². The molecule has 2 atom stereocenters. The van der Waals surface area contributed by atoms with Gasteiger partial charge in [0.25, 0.3) is 0 Å². The maximum atomic E-state index is 11.6. The molecule has 4 heteroatoms. The summed E-state index contributed by atoms with van der Waals surface area (Å²) < 4.78 is 5.33. The Bertz CT molecular complexity index is 307. The van der Waals surface area contributed by atoms with Crippen molar-refractivity contribution >= 4 is 5.91 Å². The second kappa shape index (κ2) is 8.06. The number of allylic oxidation sites excluding steroid dienone is 3. The van der Waals surface area contributed by atoms with Crippen LogP contribution in [0.15, 0.2) is 24.3 Å². The number of amides is 1. The van der Waals surface area contributed by atoms with Gasteiger partial charge in [0.2, 0.25) is 5.91 Å². The molecule has 1 aliphatic rings. The molecule has 0 radical (unpaired) electrons. The SMILES string of the molecule is C/C=C/C=C/C(=O)NC(C)C(C)N1CCOCC1. The molecule has 1 heterocycles. The van der Waals surface area contributed by atoms with Crippen LogP contribution in [0.5, 0.6) is 0 Å². The molecular formula is C14H24N2O2. The molecule has 1 amide bonds. The van der Waals surface area contributed by atoms with Crippen LogP contribution in [0.3, 0.4) is 0 Å². The summed E-state index contributed by atoms with van der Waals surface area (Å²) in [5.74, 6) is -0.0410. The molecule has 0 bridgehead atoms. The molecule has 1 saturated heterocycles. The van der Waals surface area contributed by atoms with E-state index in [1.807, 2.05) is 26.0 Å². The smallest absolute Gasteiger partial charge is 0.244 e. The summed E-state index contributed by atoms with van der Waals surface area (Å²) in [6.45, 7) is 9.56. The van der Waals surface area contributed by atoms with E-state index in [1.54, 1.807) is 12.2 Å². The number of carbonyl (C=O) groups is 1. The highest BCUT2D eigenvalue weighted by molar-refractivity contribution is 5.87. The molecule has 0 saturated carbocycles. The number of morpholine rings is 1. The summed E-state index contributed by atoms with van der Waals surface area (Å²) in [7, 11) is 0. The monoisotopic (exact) mass is 252 g/mol. The molecule has 18 heavy (non-hydrogen) atoms. The van der Waals surface area contributed by atoms with Crippen molar-refractivity contribution in [1.82, 2.24) is 10.2 Å². The van der Waals surface area contributed by atoms with Crippen molar-refractivity contribution in [3.05, 3.63) is 24.3 Å². The van der Waals surface area contributed by atoms with Crippen LogP contribution in [0.4, 0.5) is 0 Å². The molecule has 2 unspecified atom stereocenters. The van der Waals surface area contributed by atoms with Crippen LogP contribution < -0.4 is 5.32 Å². The first-order valence-electron chi connectivity index (χ1n) is 6.56. The van der Waals surface area contributed by atoms with E-state index in [2.05, 4.69) is 17.1 Å². The van der Waals surface area contributed by atoms with Crippen molar-refractivity contribution in [3.63, 3.8) is 0 Å². The van der Waals surface area contributed by atoms with Gasteiger partial charge in [-0.1, -0.05) is 18.2 Å². The van der Waals surface area contributed by atoms with Crippen LogP contribution in [0, 0.1) is 0 Å². The molecule has 4 nitrogen and oxygen atoms in total. The summed E-state index contributed by atoms with van der Waals surface area (Å²) in [5, 5.41) is 2.99. The van der Waals surface area contributed by atoms with Crippen molar-refractivity contribution in [2.24, 2.45) is 0 Å². The Labute approximate surface area is 110 Å². The number of nitrogens with one attached hydrogen (secondary N) is 1. The Morgan fingerprint density at radius 2 is 1.94 bits per heavy atom. The zero-order valence-corrected chi connectivity index (χ0v) is 11.6. The van der Waals surface area contributed by atoms with Gasteiger partial charge in [0, 0.05) is 31.2 Å². The van der Waals surface area contributed by atoms with Crippen molar-refractivity contribution in [3.8, 4) is 0 Å². The third-order valence-electron chi connectivity index (χ3n) is 3.27. The first-order chi connectivity index (χ1) is 8.65. The van der Waals surface area contributed by atoms with Gasteiger partial charge in [0.15, 0.2) is 0 Å². The highest BCUT2D eigenvalue weighted by Crippen LogP contribution is 2.07. The summed E-state index contributed by atoms with van der Waals surface area (Å²) in [5.41, 5.74) is 0. The first kappa shape index (κ1) is 14.9. The number of nitrogens with zero attached hydrogens (tertiary/aromatic N) is 1. The van der Waals surface area contributed by atoms with Gasteiger partial charge in [-0.15, -0.1) is 0 Å². The first-order valence-corrected chi connectivity index (χ1v) is 6.56. The lowest BCUT2D eigenvalue weighted by Crippen LogP contribution is -2.51. The van der Waals surface area contributed by atoms with E-state index < -0.39 is 0 Å². The van der Waals surface area contributed by atoms with Crippen LogP contribution in [-0.2, 0) is 9.53 Å². The van der Waals surface area contributed by atoms with Crippen molar-refractivity contribution in [1.29, 1.82) is 0 Å². The largest absolute Gasteiger partial charge is 0.379 e. The second-order valence-corrected chi connectivity index (χ2v) is 4.57. The molecule has 1 aliphatic heterocycles. The second-order valence-electron chi connectivity index (χ2n) is 4.57. The summed E-state index contributed by atoms with van der Waals surface area (Å²) in [6.07, 6.45) is 7.04. The average molecular weight is 252 g/mol. The Kier molecular flexibility index (Phi) is 6.68. The van der Waals surface area contributed by atoms with Gasteiger partial charge in [-0.3, -0.25) is 9.69 Å². The lowest BCUT2D eigenvalue weighted by molar-refractivity contribution is -0.117. The maximum absolute atomic E-state index is 11.6. The molecule has 0 aliphatic carbocycles. The number of rotatable bonds is 5. The molecule has 1 rings (SSSR count). The lowest BCUT2D eigenvalue weighted by Gasteiger charge is -2.35.